The number of carbonyl (C=O) groups is 1. The summed E-state index contributed by atoms with van der Waals surface area (Å²) in [6, 6.07) is 19.0. The van der Waals surface area contributed by atoms with Gasteiger partial charge in [-0.2, -0.15) is 13.2 Å². The van der Waals surface area contributed by atoms with E-state index in [1.54, 1.807) is 12.1 Å². The first-order valence-corrected chi connectivity index (χ1v) is 10.1. The highest BCUT2D eigenvalue weighted by atomic mass is 19.4. The average molecular weight is 427 g/mol. The predicted molar refractivity (Wildman–Crippen MR) is 110 cm³/mol. The highest BCUT2D eigenvalue weighted by molar-refractivity contribution is 5.97. The monoisotopic (exact) mass is 427 g/mol. The molecule has 2 nitrogen and oxygen atoms in total. The van der Waals surface area contributed by atoms with E-state index in [4.69, 9.17) is 0 Å². The van der Waals surface area contributed by atoms with E-state index < -0.39 is 11.7 Å². The van der Waals surface area contributed by atoms with Crippen molar-refractivity contribution in [3.63, 3.8) is 0 Å². The topological polar surface area (TPSA) is 29.1 Å². The summed E-state index contributed by atoms with van der Waals surface area (Å²) in [6.45, 7) is 0.470. The molecule has 1 N–H and O–H groups in total. The van der Waals surface area contributed by atoms with E-state index in [1.165, 1.54) is 18.2 Å². The van der Waals surface area contributed by atoms with Gasteiger partial charge in [0.15, 0.2) is 5.78 Å². The fourth-order valence-corrected chi connectivity index (χ4v) is 3.71. The molecule has 160 valence electrons. The number of Topliss-reactive ketones (excluding diaryl/α,β-unsaturated/α-hetero) is 1. The molecule has 31 heavy (non-hydrogen) atoms. The van der Waals surface area contributed by atoms with E-state index in [2.05, 4.69) is 5.32 Å². The SMILES string of the molecule is O=C(Cc1ccc(C2CC2NCc2ccccc2F)cc1)c1cccc(C(F)(F)F)c1. The lowest BCUT2D eigenvalue weighted by Gasteiger charge is -2.09. The number of alkyl halides is 3. The van der Waals surface area contributed by atoms with Crippen molar-refractivity contribution in [2.45, 2.75) is 37.5 Å². The molecule has 1 aliphatic rings. The van der Waals surface area contributed by atoms with Gasteiger partial charge in [0.1, 0.15) is 5.82 Å². The molecular weight excluding hydrogens is 406 g/mol. The van der Waals surface area contributed by atoms with Crippen LogP contribution >= 0.6 is 0 Å². The van der Waals surface area contributed by atoms with E-state index in [-0.39, 0.29) is 29.6 Å². The van der Waals surface area contributed by atoms with Gasteiger partial charge in [0.2, 0.25) is 0 Å². The normalized spacial score (nSPS) is 18.1. The number of rotatable bonds is 7. The molecule has 3 aromatic rings. The van der Waals surface area contributed by atoms with E-state index in [9.17, 15) is 22.4 Å². The molecule has 1 fully saturated rings. The summed E-state index contributed by atoms with van der Waals surface area (Å²) in [5.41, 5.74) is 1.75. The van der Waals surface area contributed by atoms with Crippen LogP contribution in [0.5, 0.6) is 0 Å². The van der Waals surface area contributed by atoms with Crippen LogP contribution in [0.25, 0.3) is 0 Å². The lowest BCUT2D eigenvalue weighted by atomic mass is 9.99. The summed E-state index contributed by atoms with van der Waals surface area (Å²) in [5.74, 6) is -0.239. The molecule has 4 rings (SSSR count). The zero-order valence-corrected chi connectivity index (χ0v) is 16.6. The maximum Gasteiger partial charge on any atom is 0.416 e. The largest absolute Gasteiger partial charge is 0.416 e. The van der Waals surface area contributed by atoms with E-state index in [1.807, 2.05) is 30.3 Å². The molecule has 6 heteroatoms. The number of hydrogen-bond acceptors (Lipinski definition) is 2. The lowest BCUT2D eigenvalue weighted by molar-refractivity contribution is -0.137. The Hall–Kier alpha value is -2.99. The predicted octanol–water partition coefficient (Wildman–Crippen LogP) is 5.92. The second kappa shape index (κ2) is 8.63. The van der Waals surface area contributed by atoms with Gasteiger partial charge in [0, 0.05) is 36.1 Å². The van der Waals surface area contributed by atoms with Crippen LogP contribution in [-0.4, -0.2) is 11.8 Å². The summed E-state index contributed by atoms with van der Waals surface area (Å²) in [4.78, 5) is 12.4. The third-order valence-electron chi connectivity index (χ3n) is 5.59. The molecule has 0 saturated heterocycles. The Morgan fingerprint density at radius 1 is 0.968 bits per heavy atom. The van der Waals surface area contributed by atoms with Gasteiger partial charge in [0.05, 0.1) is 5.56 Å². The van der Waals surface area contributed by atoms with Gasteiger partial charge in [-0.05, 0) is 35.7 Å². The van der Waals surface area contributed by atoms with Crippen LogP contribution in [0.15, 0.2) is 72.8 Å². The highest BCUT2D eigenvalue weighted by Crippen LogP contribution is 2.41. The first-order chi connectivity index (χ1) is 14.8. The van der Waals surface area contributed by atoms with Crippen molar-refractivity contribution in [2.24, 2.45) is 0 Å². The van der Waals surface area contributed by atoms with Crippen molar-refractivity contribution in [1.82, 2.24) is 5.32 Å². The Bertz CT molecular complexity index is 1080. The van der Waals surface area contributed by atoms with Gasteiger partial charge in [-0.25, -0.2) is 4.39 Å². The van der Waals surface area contributed by atoms with Gasteiger partial charge in [0.25, 0.3) is 0 Å². The summed E-state index contributed by atoms with van der Waals surface area (Å²) in [6.07, 6.45) is -3.47. The Morgan fingerprint density at radius 2 is 1.71 bits per heavy atom. The summed E-state index contributed by atoms with van der Waals surface area (Å²) in [7, 11) is 0. The van der Waals surface area contributed by atoms with Gasteiger partial charge in [-0.15, -0.1) is 0 Å². The molecule has 0 aliphatic heterocycles. The summed E-state index contributed by atoms with van der Waals surface area (Å²) in [5, 5.41) is 3.36. The third-order valence-corrected chi connectivity index (χ3v) is 5.59. The molecule has 3 aromatic carbocycles. The second-order valence-electron chi connectivity index (χ2n) is 7.84. The zero-order valence-electron chi connectivity index (χ0n) is 16.6. The van der Waals surface area contributed by atoms with Crippen molar-refractivity contribution in [1.29, 1.82) is 0 Å². The van der Waals surface area contributed by atoms with Crippen LogP contribution in [0, 0.1) is 5.82 Å². The van der Waals surface area contributed by atoms with Crippen molar-refractivity contribution in [3.05, 3.63) is 106 Å². The van der Waals surface area contributed by atoms with Gasteiger partial charge in [-0.3, -0.25) is 4.79 Å². The first kappa shape index (κ1) is 21.2. The maximum atomic E-state index is 13.7. The molecule has 0 bridgehead atoms. The minimum absolute atomic E-state index is 0.0429. The standard InChI is InChI=1S/C25H21F4NO/c26-22-7-2-1-4-19(22)15-30-23-14-21(23)17-10-8-16(9-11-17)12-24(31)18-5-3-6-20(13-18)25(27,28)29/h1-11,13,21,23,30H,12,14-15H2. The molecule has 0 aromatic heterocycles. The van der Waals surface area contributed by atoms with Crippen LogP contribution in [0.2, 0.25) is 0 Å². The molecular formula is C25H21F4NO. The molecule has 2 unspecified atom stereocenters. The number of carbonyl (C=O) groups excluding carboxylic acids is 1. The van der Waals surface area contributed by atoms with Crippen molar-refractivity contribution < 1.29 is 22.4 Å². The van der Waals surface area contributed by atoms with Crippen molar-refractivity contribution in [3.8, 4) is 0 Å². The molecule has 0 heterocycles. The van der Waals surface area contributed by atoms with Crippen LogP contribution in [0.1, 0.15) is 45.0 Å². The summed E-state index contributed by atoms with van der Waals surface area (Å²) >= 11 is 0. The number of hydrogen-bond donors (Lipinski definition) is 1. The number of benzene rings is 3. The minimum atomic E-state index is -4.47. The molecule has 1 aliphatic carbocycles. The average Bonchev–Trinajstić information content (AvgIpc) is 3.53. The van der Waals surface area contributed by atoms with Gasteiger partial charge in [-0.1, -0.05) is 54.6 Å². The van der Waals surface area contributed by atoms with Crippen molar-refractivity contribution in [2.75, 3.05) is 0 Å². The second-order valence-corrected chi connectivity index (χ2v) is 7.84. The van der Waals surface area contributed by atoms with E-state index in [0.717, 1.165) is 29.7 Å². The Kier molecular flexibility index (Phi) is 5.92. The molecule has 0 spiro atoms. The van der Waals surface area contributed by atoms with Crippen LogP contribution in [0.3, 0.4) is 0 Å². The Morgan fingerprint density at radius 3 is 2.42 bits per heavy atom. The van der Waals surface area contributed by atoms with Crippen LogP contribution in [0.4, 0.5) is 17.6 Å². The molecule has 0 radical (unpaired) electrons. The molecule has 2 atom stereocenters. The number of nitrogens with one attached hydrogen (secondary N) is 1. The highest BCUT2D eigenvalue weighted by Gasteiger charge is 2.37. The van der Waals surface area contributed by atoms with Crippen LogP contribution in [-0.2, 0) is 19.1 Å². The summed E-state index contributed by atoms with van der Waals surface area (Å²) < 4.78 is 52.3. The van der Waals surface area contributed by atoms with Gasteiger partial charge >= 0.3 is 6.18 Å². The number of halogens is 4. The fourth-order valence-electron chi connectivity index (χ4n) is 3.71. The van der Waals surface area contributed by atoms with Gasteiger partial charge < -0.3 is 5.32 Å². The molecule has 1 saturated carbocycles. The smallest absolute Gasteiger partial charge is 0.309 e. The Labute approximate surface area is 177 Å². The van der Waals surface area contributed by atoms with E-state index >= 15 is 0 Å². The lowest BCUT2D eigenvalue weighted by Crippen LogP contribution is -2.18. The maximum absolute atomic E-state index is 13.7. The third kappa shape index (κ3) is 5.20. The minimum Gasteiger partial charge on any atom is -0.309 e. The number of ketones is 1. The van der Waals surface area contributed by atoms with Crippen molar-refractivity contribution >= 4 is 5.78 Å². The fraction of sp³-hybridized carbons (Fsp3) is 0.240. The zero-order chi connectivity index (χ0) is 22.0. The van der Waals surface area contributed by atoms with Crippen LogP contribution < -0.4 is 5.32 Å². The Balaban J connectivity index is 1.33. The molecule has 0 amide bonds. The first-order valence-electron chi connectivity index (χ1n) is 10.1. The van der Waals surface area contributed by atoms with E-state index in [0.29, 0.717) is 18.0 Å². The quantitative estimate of drug-likeness (QED) is 0.375.